The molecule has 4 rings (SSSR count). The molecule has 0 bridgehead atoms. The van der Waals surface area contributed by atoms with Gasteiger partial charge in [-0.2, -0.15) is 0 Å². The lowest BCUT2D eigenvalue weighted by Gasteiger charge is -2.24. The van der Waals surface area contributed by atoms with Crippen LogP contribution in [0.5, 0.6) is 11.5 Å². The van der Waals surface area contributed by atoms with Crippen molar-refractivity contribution in [3.05, 3.63) is 88.9 Å². The number of ether oxygens (including phenoxy) is 2. The molecule has 0 aromatic heterocycles. The molecular formula is C27H26ClN3O4S. The Morgan fingerprint density at radius 2 is 1.64 bits per heavy atom. The summed E-state index contributed by atoms with van der Waals surface area (Å²) in [7, 11) is 3.13. The molecule has 0 saturated carbocycles. The highest BCUT2D eigenvalue weighted by Gasteiger charge is 2.43. The van der Waals surface area contributed by atoms with Crippen LogP contribution in [0.2, 0.25) is 5.02 Å². The van der Waals surface area contributed by atoms with Gasteiger partial charge >= 0.3 is 0 Å². The second kappa shape index (κ2) is 11.4. The van der Waals surface area contributed by atoms with Gasteiger partial charge in [0.05, 0.1) is 37.9 Å². The van der Waals surface area contributed by atoms with E-state index in [1.54, 1.807) is 54.4 Å². The van der Waals surface area contributed by atoms with Crippen molar-refractivity contribution < 1.29 is 19.1 Å². The molecule has 1 N–H and O–H groups in total. The van der Waals surface area contributed by atoms with Crippen LogP contribution < -0.4 is 14.8 Å². The van der Waals surface area contributed by atoms with Crippen molar-refractivity contribution in [1.29, 1.82) is 0 Å². The summed E-state index contributed by atoms with van der Waals surface area (Å²) < 4.78 is 10.8. The van der Waals surface area contributed by atoms with Crippen molar-refractivity contribution >= 4 is 46.4 Å². The molecule has 1 unspecified atom stereocenters. The minimum Gasteiger partial charge on any atom is -0.493 e. The average Bonchev–Trinajstić information content (AvgIpc) is 3.09. The quantitative estimate of drug-likeness (QED) is 0.403. The molecule has 2 amide bonds. The third-order valence-corrected chi connectivity index (χ3v) is 6.70. The second-order valence-corrected chi connectivity index (χ2v) is 9.03. The number of carbonyl (C=O) groups is 2. The van der Waals surface area contributed by atoms with E-state index < -0.39 is 6.04 Å². The molecule has 7 nitrogen and oxygen atoms in total. The molecule has 9 heteroatoms. The number of amides is 2. The monoisotopic (exact) mass is 523 g/mol. The minimum absolute atomic E-state index is 0.0806. The van der Waals surface area contributed by atoms with E-state index in [0.717, 1.165) is 11.1 Å². The summed E-state index contributed by atoms with van der Waals surface area (Å²) in [5.41, 5.74) is 2.30. The molecule has 36 heavy (non-hydrogen) atoms. The van der Waals surface area contributed by atoms with Gasteiger partial charge in [0, 0.05) is 6.54 Å². The zero-order valence-electron chi connectivity index (χ0n) is 19.9. The number of methoxy groups -OCH3 is 2. The van der Waals surface area contributed by atoms with E-state index in [0.29, 0.717) is 40.4 Å². The Hall–Kier alpha value is -3.62. The Kier molecular flexibility index (Phi) is 8.07. The minimum atomic E-state index is -0.767. The first-order valence-electron chi connectivity index (χ1n) is 11.3. The van der Waals surface area contributed by atoms with Crippen LogP contribution in [0, 0.1) is 0 Å². The summed E-state index contributed by atoms with van der Waals surface area (Å²) in [4.78, 5) is 29.9. The van der Waals surface area contributed by atoms with Crippen molar-refractivity contribution in [3.8, 4) is 11.5 Å². The van der Waals surface area contributed by atoms with Gasteiger partial charge in [-0.3, -0.25) is 14.5 Å². The van der Waals surface area contributed by atoms with Crippen molar-refractivity contribution in [1.82, 2.24) is 9.80 Å². The highest BCUT2D eigenvalue weighted by Crippen LogP contribution is 2.31. The lowest BCUT2D eigenvalue weighted by molar-refractivity contribution is -0.131. The molecule has 3 aromatic rings. The highest BCUT2D eigenvalue weighted by atomic mass is 35.5. The third-order valence-electron chi connectivity index (χ3n) is 5.91. The molecule has 1 atom stereocenters. The fraction of sp³-hybridized carbons (Fsp3) is 0.222. The maximum Gasteiger partial charge on any atom is 0.252 e. The fourth-order valence-electron chi connectivity index (χ4n) is 4.10. The highest BCUT2D eigenvalue weighted by molar-refractivity contribution is 7.80. The first-order valence-corrected chi connectivity index (χ1v) is 12.1. The normalized spacial score (nSPS) is 15.2. The molecule has 0 aliphatic carbocycles. The Labute approximate surface area is 220 Å². The van der Waals surface area contributed by atoms with Gasteiger partial charge in [0.1, 0.15) is 6.04 Å². The van der Waals surface area contributed by atoms with Gasteiger partial charge in [0.2, 0.25) is 5.91 Å². The van der Waals surface area contributed by atoms with E-state index in [1.165, 1.54) is 0 Å². The van der Waals surface area contributed by atoms with E-state index in [4.69, 9.17) is 33.3 Å². The standard InChI is InChI=1S/C27H26ClN3O4S/c1-34-23-13-12-19(14-24(23)35-2)17-30-22(15-25(32)29-21-11-7-6-10-20(21)28)26(33)31(27(30)36)16-18-8-4-3-5-9-18/h3-14,22H,15-17H2,1-2H3,(H,29,32). The Balaban J connectivity index is 1.59. The van der Waals surface area contributed by atoms with E-state index in [9.17, 15) is 9.59 Å². The maximum atomic E-state index is 13.5. The fourth-order valence-corrected chi connectivity index (χ4v) is 4.63. The van der Waals surface area contributed by atoms with Gasteiger partial charge in [-0.15, -0.1) is 0 Å². The van der Waals surface area contributed by atoms with Gasteiger partial charge in [-0.05, 0) is 47.6 Å². The first kappa shape index (κ1) is 25.5. The summed E-state index contributed by atoms with van der Waals surface area (Å²) in [5, 5.41) is 3.60. The number of nitrogens with zero attached hydrogens (tertiary/aromatic N) is 2. The number of benzene rings is 3. The van der Waals surface area contributed by atoms with Crippen LogP contribution in [0.1, 0.15) is 17.5 Å². The van der Waals surface area contributed by atoms with Crippen LogP contribution in [0.15, 0.2) is 72.8 Å². The number of anilines is 1. The maximum absolute atomic E-state index is 13.5. The number of nitrogens with one attached hydrogen (secondary N) is 1. The van der Waals surface area contributed by atoms with Gasteiger partial charge in [0.25, 0.3) is 5.91 Å². The number of para-hydroxylation sites is 1. The number of carbonyl (C=O) groups excluding carboxylic acids is 2. The predicted octanol–water partition coefficient (Wildman–Crippen LogP) is 4.88. The number of halogens is 1. The first-order chi connectivity index (χ1) is 17.4. The summed E-state index contributed by atoms with van der Waals surface area (Å²) in [6, 6.07) is 21.3. The lowest BCUT2D eigenvalue weighted by Crippen LogP contribution is -2.37. The molecule has 0 radical (unpaired) electrons. The van der Waals surface area contributed by atoms with Crippen molar-refractivity contribution in [2.75, 3.05) is 19.5 Å². The van der Waals surface area contributed by atoms with E-state index in [2.05, 4.69) is 5.32 Å². The molecule has 186 valence electrons. The summed E-state index contributed by atoms with van der Waals surface area (Å²) in [6.07, 6.45) is -0.0806. The lowest BCUT2D eigenvalue weighted by atomic mass is 10.1. The van der Waals surface area contributed by atoms with Gasteiger partial charge in [-0.25, -0.2) is 0 Å². The van der Waals surface area contributed by atoms with Crippen LogP contribution in [0.25, 0.3) is 0 Å². The van der Waals surface area contributed by atoms with E-state index >= 15 is 0 Å². The predicted molar refractivity (Wildman–Crippen MR) is 143 cm³/mol. The SMILES string of the molecule is COc1ccc(CN2C(=S)N(Cc3ccccc3)C(=O)C2CC(=O)Nc2ccccc2Cl)cc1OC. The Bertz CT molecular complexity index is 1270. The van der Waals surface area contributed by atoms with Gasteiger partial charge in [-0.1, -0.05) is 60.1 Å². The van der Waals surface area contributed by atoms with Gasteiger partial charge in [0.15, 0.2) is 16.6 Å². The van der Waals surface area contributed by atoms with Crippen molar-refractivity contribution in [3.63, 3.8) is 0 Å². The number of hydrogen-bond acceptors (Lipinski definition) is 5. The second-order valence-electron chi connectivity index (χ2n) is 8.26. The summed E-state index contributed by atoms with van der Waals surface area (Å²) >= 11 is 11.9. The third kappa shape index (κ3) is 5.61. The molecule has 1 heterocycles. The molecule has 1 fully saturated rings. The smallest absolute Gasteiger partial charge is 0.252 e. The molecular weight excluding hydrogens is 498 g/mol. The molecule has 3 aromatic carbocycles. The van der Waals surface area contributed by atoms with Crippen LogP contribution in [0.3, 0.4) is 0 Å². The van der Waals surface area contributed by atoms with Crippen LogP contribution in [-0.4, -0.2) is 47.0 Å². The van der Waals surface area contributed by atoms with Crippen LogP contribution in [0.4, 0.5) is 5.69 Å². The average molecular weight is 524 g/mol. The zero-order chi connectivity index (χ0) is 25.7. The Morgan fingerprint density at radius 3 is 2.33 bits per heavy atom. The number of thiocarbonyl (C=S) groups is 1. The molecule has 1 saturated heterocycles. The largest absolute Gasteiger partial charge is 0.493 e. The summed E-state index contributed by atoms with van der Waals surface area (Å²) in [6.45, 7) is 0.643. The van der Waals surface area contributed by atoms with Crippen LogP contribution in [-0.2, 0) is 22.7 Å². The van der Waals surface area contributed by atoms with Gasteiger partial charge < -0.3 is 19.7 Å². The summed E-state index contributed by atoms with van der Waals surface area (Å²) in [5.74, 6) is 0.616. The topological polar surface area (TPSA) is 71.1 Å². The number of hydrogen-bond donors (Lipinski definition) is 1. The van der Waals surface area contributed by atoms with E-state index in [1.807, 2.05) is 42.5 Å². The van der Waals surface area contributed by atoms with E-state index in [-0.39, 0.29) is 18.2 Å². The van der Waals surface area contributed by atoms with Crippen molar-refractivity contribution in [2.24, 2.45) is 0 Å². The van der Waals surface area contributed by atoms with Crippen LogP contribution >= 0.6 is 23.8 Å². The Morgan fingerprint density at radius 1 is 0.944 bits per heavy atom. The zero-order valence-corrected chi connectivity index (χ0v) is 21.5. The molecule has 0 spiro atoms. The molecule has 1 aliphatic heterocycles. The number of rotatable bonds is 9. The van der Waals surface area contributed by atoms with Crippen molar-refractivity contribution in [2.45, 2.75) is 25.6 Å². The molecule has 1 aliphatic rings.